The van der Waals surface area contributed by atoms with Crippen LogP contribution in [0.1, 0.15) is 38.7 Å². The molecule has 116 valence electrons. The zero-order chi connectivity index (χ0) is 15.8. The number of anilines is 1. The molecule has 0 aliphatic carbocycles. The van der Waals surface area contributed by atoms with Crippen molar-refractivity contribution in [2.24, 2.45) is 0 Å². The summed E-state index contributed by atoms with van der Waals surface area (Å²) in [7, 11) is 0. The maximum absolute atomic E-state index is 12.3. The first-order valence-corrected chi connectivity index (χ1v) is 7.37. The number of hydrogen-bond donors (Lipinski definition) is 2. The minimum Gasteiger partial charge on any atom is -0.480 e. The standard InChI is InChI=1S/C16H24N2O3/c1-4-6-7-14(15(19)20)17-16(21)18(5-2)13-10-8-12(3)9-11-13/h8-11,14H,4-7H2,1-3H3,(H,17,21)(H,19,20)/t14-/m0/s1. The summed E-state index contributed by atoms with van der Waals surface area (Å²) in [5.74, 6) is -0.989. The van der Waals surface area contributed by atoms with E-state index in [1.54, 1.807) is 4.90 Å². The Labute approximate surface area is 126 Å². The third-order valence-electron chi connectivity index (χ3n) is 3.35. The van der Waals surface area contributed by atoms with Gasteiger partial charge in [0.15, 0.2) is 0 Å². The Morgan fingerprint density at radius 2 is 1.86 bits per heavy atom. The molecular weight excluding hydrogens is 268 g/mol. The highest BCUT2D eigenvalue weighted by Gasteiger charge is 2.22. The lowest BCUT2D eigenvalue weighted by molar-refractivity contribution is -0.139. The first kappa shape index (κ1) is 17.0. The van der Waals surface area contributed by atoms with Crippen molar-refractivity contribution in [3.63, 3.8) is 0 Å². The number of benzene rings is 1. The second kappa shape index (κ2) is 8.29. The Bertz CT molecular complexity index is 471. The zero-order valence-electron chi connectivity index (χ0n) is 12.9. The van der Waals surface area contributed by atoms with Gasteiger partial charge < -0.3 is 10.4 Å². The van der Waals surface area contributed by atoms with E-state index in [2.05, 4.69) is 5.32 Å². The summed E-state index contributed by atoms with van der Waals surface area (Å²) in [6.45, 7) is 6.31. The summed E-state index contributed by atoms with van der Waals surface area (Å²) < 4.78 is 0. The highest BCUT2D eigenvalue weighted by molar-refractivity contribution is 5.94. The number of nitrogens with zero attached hydrogens (tertiary/aromatic N) is 1. The quantitative estimate of drug-likeness (QED) is 0.811. The average molecular weight is 292 g/mol. The van der Waals surface area contributed by atoms with Crippen LogP contribution in [0.3, 0.4) is 0 Å². The summed E-state index contributed by atoms with van der Waals surface area (Å²) in [4.78, 5) is 25.0. The lowest BCUT2D eigenvalue weighted by atomic mass is 10.1. The Balaban J connectivity index is 2.77. The molecule has 0 aliphatic rings. The lowest BCUT2D eigenvalue weighted by Gasteiger charge is -2.24. The van der Waals surface area contributed by atoms with Gasteiger partial charge in [0.1, 0.15) is 6.04 Å². The number of amides is 2. The van der Waals surface area contributed by atoms with Gasteiger partial charge in [0.25, 0.3) is 0 Å². The first-order valence-electron chi connectivity index (χ1n) is 7.37. The van der Waals surface area contributed by atoms with Gasteiger partial charge in [-0.15, -0.1) is 0 Å². The SMILES string of the molecule is CCCC[C@H](NC(=O)N(CC)c1ccc(C)cc1)C(=O)O. The van der Waals surface area contributed by atoms with Crippen LogP contribution in [0.25, 0.3) is 0 Å². The van der Waals surface area contributed by atoms with Gasteiger partial charge in [0.05, 0.1) is 0 Å². The van der Waals surface area contributed by atoms with Gasteiger partial charge in [0.2, 0.25) is 0 Å². The molecule has 2 N–H and O–H groups in total. The van der Waals surface area contributed by atoms with Crippen LogP contribution in [0.15, 0.2) is 24.3 Å². The number of aryl methyl sites for hydroxylation is 1. The van der Waals surface area contributed by atoms with E-state index in [0.29, 0.717) is 13.0 Å². The number of urea groups is 1. The minimum atomic E-state index is -0.989. The van der Waals surface area contributed by atoms with E-state index in [4.69, 9.17) is 0 Å². The average Bonchev–Trinajstić information content (AvgIpc) is 2.46. The topological polar surface area (TPSA) is 69.6 Å². The maximum atomic E-state index is 12.3. The van der Waals surface area contributed by atoms with E-state index < -0.39 is 12.0 Å². The third-order valence-corrected chi connectivity index (χ3v) is 3.35. The van der Waals surface area contributed by atoms with Crippen LogP contribution in [0.4, 0.5) is 10.5 Å². The van der Waals surface area contributed by atoms with Gasteiger partial charge in [-0.2, -0.15) is 0 Å². The van der Waals surface area contributed by atoms with Crippen molar-refractivity contribution >= 4 is 17.7 Å². The Morgan fingerprint density at radius 1 is 1.24 bits per heavy atom. The molecule has 1 aromatic carbocycles. The normalized spacial score (nSPS) is 11.8. The number of nitrogens with one attached hydrogen (secondary N) is 1. The molecule has 0 aliphatic heterocycles. The number of carbonyl (C=O) groups is 2. The molecular formula is C16H24N2O3. The largest absolute Gasteiger partial charge is 0.480 e. The number of rotatable bonds is 7. The van der Waals surface area contributed by atoms with Crippen LogP contribution < -0.4 is 10.2 Å². The van der Waals surface area contributed by atoms with Crippen molar-refractivity contribution in [3.05, 3.63) is 29.8 Å². The van der Waals surface area contributed by atoms with E-state index in [1.807, 2.05) is 45.0 Å². The second-order valence-corrected chi connectivity index (χ2v) is 5.06. The molecule has 0 saturated heterocycles. The molecule has 5 heteroatoms. The van der Waals surface area contributed by atoms with E-state index in [0.717, 1.165) is 24.1 Å². The molecule has 0 unspecified atom stereocenters. The van der Waals surface area contributed by atoms with Gasteiger partial charge >= 0.3 is 12.0 Å². The third kappa shape index (κ3) is 5.10. The maximum Gasteiger partial charge on any atom is 0.326 e. The Morgan fingerprint density at radius 3 is 2.33 bits per heavy atom. The monoisotopic (exact) mass is 292 g/mol. The predicted molar refractivity (Wildman–Crippen MR) is 83.7 cm³/mol. The number of hydrogen-bond acceptors (Lipinski definition) is 2. The molecule has 1 atom stereocenters. The van der Waals surface area contributed by atoms with E-state index >= 15 is 0 Å². The summed E-state index contributed by atoms with van der Waals surface area (Å²) in [5, 5.41) is 11.8. The lowest BCUT2D eigenvalue weighted by Crippen LogP contribution is -2.48. The molecule has 0 spiro atoms. The molecule has 1 rings (SSSR count). The van der Waals surface area contributed by atoms with E-state index in [1.165, 1.54) is 0 Å². The fourth-order valence-corrected chi connectivity index (χ4v) is 2.06. The van der Waals surface area contributed by atoms with Gasteiger partial charge in [-0.05, 0) is 32.4 Å². The van der Waals surface area contributed by atoms with Gasteiger partial charge in [-0.3, -0.25) is 4.90 Å². The van der Waals surface area contributed by atoms with Crippen LogP contribution >= 0.6 is 0 Å². The Kier molecular flexibility index (Phi) is 6.72. The predicted octanol–water partition coefficient (Wildman–Crippen LogP) is 3.17. The highest BCUT2D eigenvalue weighted by Crippen LogP contribution is 2.15. The molecule has 0 radical (unpaired) electrons. The van der Waals surface area contributed by atoms with Crippen LogP contribution in [-0.2, 0) is 4.79 Å². The summed E-state index contributed by atoms with van der Waals surface area (Å²) in [6.07, 6.45) is 2.12. The number of unbranched alkanes of at least 4 members (excludes halogenated alkanes) is 1. The molecule has 21 heavy (non-hydrogen) atoms. The zero-order valence-corrected chi connectivity index (χ0v) is 12.9. The Hall–Kier alpha value is -2.04. The van der Waals surface area contributed by atoms with Crippen molar-refractivity contribution in [1.29, 1.82) is 0 Å². The number of carbonyl (C=O) groups excluding carboxylic acids is 1. The summed E-state index contributed by atoms with van der Waals surface area (Å²) in [6, 6.07) is 6.37. The van der Waals surface area contributed by atoms with Crippen LogP contribution in [0.5, 0.6) is 0 Å². The number of aliphatic carboxylic acids is 1. The highest BCUT2D eigenvalue weighted by atomic mass is 16.4. The van der Waals surface area contributed by atoms with Crippen LogP contribution in [0.2, 0.25) is 0 Å². The van der Waals surface area contributed by atoms with Gasteiger partial charge in [-0.25, -0.2) is 9.59 Å². The number of carboxylic acid groups (broad SMARTS) is 1. The van der Waals surface area contributed by atoms with E-state index in [9.17, 15) is 14.7 Å². The first-order chi connectivity index (χ1) is 9.99. The summed E-state index contributed by atoms with van der Waals surface area (Å²) >= 11 is 0. The smallest absolute Gasteiger partial charge is 0.326 e. The van der Waals surface area contributed by atoms with Crippen molar-refractivity contribution < 1.29 is 14.7 Å². The molecule has 0 bridgehead atoms. The minimum absolute atomic E-state index is 0.371. The van der Waals surface area contributed by atoms with Crippen molar-refractivity contribution in [3.8, 4) is 0 Å². The fraction of sp³-hybridized carbons (Fsp3) is 0.500. The summed E-state index contributed by atoms with van der Waals surface area (Å²) in [5.41, 5.74) is 1.88. The second-order valence-electron chi connectivity index (χ2n) is 5.06. The molecule has 0 saturated carbocycles. The van der Waals surface area contributed by atoms with Gasteiger partial charge in [0, 0.05) is 12.2 Å². The van der Waals surface area contributed by atoms with Crippen LogP contribution in [-0.4, -0.2) is 29.7 Å². The molecule has 0 fully saturated rings. The van der Waals surface area contributed by atoms with Crippen molar-refractivity contribution in [2.45, 2.75) is 46.1 Å². The molecule has 2 amide bonds. The fourth-order valence-electron chi connectivity index (χ4n) is 2.06. The number of carboxylic acids is 1. The van der Waals surface area contributed by atoms with Crippen LogP contribution in [0, 0.1) is 6.92 Å². The van der Waals surface area contributed by atoms with Crippen molar-refractivity contribution in [1.82, 2.24) is 5.32 Å². The van der Waals surface area contributed by atoms with Crippen molar-refractivity contribution in [2.75, 3.05) is 11.4 Å². The molecule has 1 aromatic rings. The molecule has 5 nitrogen and oxygen atoms in total. The van der Waals surface area contributed by atoms with Gasteiger partial charge in [-0.1, -0.05) is 37.5 Å². The molecule has 0 aromatic heterocycles. The van der Waals surface area contributed by atoms with E-state index in [-0.39, 0.29) is 6.03 Å². The molecule has 0 heterocycles.